The number of thioether (sulfide) groups is 1. The second-order valence-corrected chi connectivity index (χ2v) is 7.97. The molecule has 102 valence electrons. The van der Waals surface area contributed by atoms with Crippen LogP contribution in [0.25, 0.3) is 0 Å². The van der Waals surface area contributed by atoms with Gasteiger partial charge < -0.3 is 4.74 Å². The number of rotatable bonds is 4. The van der Waals surface area contributed by atoms with Gasteiger partial charge >= 0.3 is 0 Å². The van der Waals surface area contributed by atoms with Crippen LogP contribution in [-0.4, -0.2) is 23.7 Å². The maximum atomic E-state index is 9.32. The molecule has 1 aliphatic carbocycles. The predicted octanol–water partition coefficient (Wildman–Crippen LogP) is 3.86. The molecule has 0 aromatic carbocycles. The molecule has 0 amide bonds. The van der Waals surface area contributed by atoms with Gasteiger partial charge in [-0.15, -0.1) is 11.8 Å². The SMILES string of the molecule is CCC(C)(C)C1CCC(C#N)C(SC2COC2)C1. The maximum absolute atomic E-state index is 9.32. The quantitative estimate of drug-likeness (QED) is 0.775. The highest BCUT2D eigenvalue weighted by Crippen LogP contribution is 2.46. The van der Waals surface area contributed by atoms with Gasteiger partial charge in [0.05, 0.1) is 30.5 Å². The minimum Gasteiger partial charge on any atom is -0.379 e. The van der Waals surface area contributed by atoms with E-state index in [0.29, 0.717) is 15.9 Å². The van der Waals surface area contributed by atoms with Crippen molar-refractivity contribution in [3.63, 3.8) is 0 Å². The van der Waals surface area contributed by atoms with Crippen LogP contribution in [0.4, 0.5) is 0 Å². The summed E-state index contributed by atoms with van der Waals surface area (Å²) in [5, 5.41) is 10.5. The van der Waals surface area contributed by atoms with Crippen LogP contribution in [0.3, 0.4) is 0 Å². The molecule has 18 heavy (non-hydrogen) atoms. The summed E-state index contributed by atoms with van der Waals surface area (Å²) in [5.74, 6) is 1.05. The minimum absolute atomic E-state index is 0.263. The number of ether oxygens (including phenoxy) is 1. The number of nitriles is 1. The van der Waals surface area contributed by atoms with Crippen LogP contribution in [0.5, 0.6) is 0 Å². The number of hydrogen-bond acceptors (Lipinski definition) is 3. The normalized spacial score (nSPS) is 33.8. The van der Waals surface area contributed by atoms with Crippen molar-refractivity contribution in [2.75, 3.05) is 13.2 Å². The lowest BCUT2D eigenvalue weighted by Gasteiger charge is -2.42. The average Bonchev–Trinajstić information content (AvgIpc) is 2.33. The topological polar surface area (TPSA) is 33.0 Å². The van der Waals surface area contributed by atoms with Crippen molar-refractivity contribution >= 4 is 11.8 Å². The third-order valence-corrected chi connectivity index (χ3v) is 6.48. The van der Waals surface area contributed by atoms with Gasteiger partial charge in [-0.3, -0.25) is 0 Å². The molecule has 3 unspecified atom stereocenters. The summed E-state index contributed by atoms with van der Waals surface area (Å²) in [7, 11) is 0. The summed E-state index contributed by atoms with van der Waals surface area (Å²) in [5.41, 5.74) is 0.426. The van der Waals surface area contributed by atoms with E-state index in [1.807, 2.05) is 11.8 Å². The fraction of sp³-hybridized carbons (Fsp3) is 0.933. The van der Waals surface area contributed by atoms with Crippen molar-refractivity contribution in [2.45, 2.75) is 57.0 Å². The van der Waals surface area contributed by atoms with Gasteiger partial charge in [-0.2, -0.15) is 5.26 Å². The van der Waals surface area contributed by atoms with Crippen molar-refractivity contribution < 1.29 is 4.74 Å². The molecule has 0 bridgehead atoms. The summed E-state index contributed by atoms with van der Waals surface area (Å²) in [4.78, 5) is 0. The van der Waals surface area contributed by atoms with Crippen LogP contribution in [0, 0.1) is 28.6 Å². The van der Waals surface area contributed by atoms with E-state index in [1.165, 1.54) is 19.3 Å². The zero-order valence-corrected chi connectivity index (χ0v) is 12.6. The predicted molar refractivity (Wildman–Crippen MR) is 76.5 cm³/mol. The van der Waals surface area contributed by atoms with Gasteiger partial charge in [-0.05, 0) is 30.6 Å². The van der Waals surface area contributed by atoms with E-state index in [0.717, 1.165) is 25.6 Å². The lowest BCUT2D eigenvalue weighted by atomic mass is 9.67. The molecule has 1 saturated heterocycles. The van der Waals surface area contributed by atoms with Gasteiger partial charge in [0.25, 0.3) is 0 Å². The van der Waals surface area contributed by atoms with E-state index in [9.17, 15) is 5.26 Å². The fourth-order valence-corrected chi connectivity index (χ4v) is 4.54. The molecule has 0 N–H and O–H groups in total. The molecule has 3 heteroatoms. The highest BCUT2D eigenvalue weighted by molar-refractivity contribution is 8.00. The average molecular weight is 267 g/mol. The Balaban J connectivity index is 1.97. The van der Waals surface area contributed by atoms with Crippen molar-refractivity contribution in [3.05, 3.63) is 0 Å². The zero-order valence-electron chi connectivity index (χ0n) is 11.8. The highest BCUT2D eigenvalue weighted by atomic mass is 32.2. The molecule has 2 aliphatic rings. The lowest BCUT2D eigenvalue weighted by Crippen LogP contribution is -2.38. The van der Waals surface area contributed by atoms with E-state index in [2.05, 4.69) is 26.8 Å². The molecule has 2 rings (SSSR count). The van der Waals surface area contributed by atoms with Crippen molar-refractivity contribution in [1.29, 1.82) is 5.26 Å². The summed E-state index contributed by atoms with van der Waals surface area (Å²) in [6.45, 7) is 8.84. The summed E-state index contributed by atoms with van der Waals surface area (Å²) < 4.78 is 5.26. The first kappa shape index (κ1) is 14.2. The molecule has 0 aromatic rings. The smallest absolute Gasteiger partial charge is 0.0667 e. The Kier molecular flexibility index (Phi) is 4.61. The highest BCUT2D eigenvalue weighted by Gasteiger charge is 2.39. The standard InChI is InChI=1S/C15H25NOS/c1-4-15(2,3)12-6-5-11(8-16)14(7-12)18-13-9-17-10-13/h11-14H,4-7,9-10H2,1-3H3. The van der Waals surface area contributed by atoms with E-state index in [-0.39, 0.29) is 5.92 Å². The minimum atomic E-state index is 0.263. The van der Waals surface area contributed by atoms with Gasteiger partial charge in [0.15, 0.2) is 0 Å². The Hall–Kier alpha value is -0.200. The molecule has 0 aromatic heterocycles. The molecule has 2 nitrogen and oxygen atoms in total. The third-order valence-electron chi connectivity index (χ3n) is 4.95. The molecule has 0 radical (unpaired) electrons. The molecule has 1 aliphatic heterocycles. The van der Waals surface area contributed by atoms with Gasteiger partial charge in [0.1, 0.15) is 0 Å². The Labute approximate surface area is 115 Å². The fourth-order valence-electron chi connectivity index (χ4n) is 2.97. The summed E-state index contributed by atoms with van der Waals surface area (Å²) in [6, 6.07) is 2.54. The van der Waals surface area contributed by atoms with Crippen molar-refractivity contribution in [2.24, 2.45) is 17.3 Å². The van der Waals surface area contributed by atoms with Gasteiger partial charge in [0, 0.05) is 5.25 Å². The summed E-state index contributed by atoms with van der Waals surface area (Å²) >= 11 is 2.02. The molecular formula is C15H25NOS. The second kappa shape index (κ2) is 5.84. The Morgan fingerprint density at radius 3 is 2.56 bits per heavy atom. The van der Waals surface area contributed by atoms with Crippen molar-refractivity contribution in [3.8, 4) is 6.07 Å². The number of nitrogens with zero attached hydrogens (tertiary/aromatic N) is 1. The third kappa shape index (κ3) is 3.03. The number of hydrogen-bond donors (Lipinski definition) is 0. The van der Waals surface area contributed by atoms with Gasteiger partial charge in [0.2, 0.25) is 0 Å². The van der Waals surface area contributed by atoms with Crippen LogP contribution in [0.1, 0.15) is 46.5 Å². The van der Waals surface area contributed by atoms with Crippen LogP contribution in [0.15, 0.2) is 0 Å². The Bertz CT molecular complexity index is 319. The molecule has 3 atom stereocenters. The van der Waals surface area contributed by atoms with Crippen LogP contribution in [0.2, 0.25) is 0 Å². The van der Waals surface area contributed by atoms with Gasteiger partial charge in [-0.25, -0.2) is 0 Å². The Morgan fingerprint density at radius 1 is 1.33 bits per heavy atom. The first-order valence-electron chi connectivity index (χ1n) is 7.19. The molecule has 0 spiro atoms. The summed E-state index contributed by atoms with van der Waals surface area (Å²) in [6.07, 6.45) is 4.78. The monoisotopic (exact) mass is 267 g/mol. The van der Waals surface area contributed by atoms with E-state index < -0.39 is 0 Å². The first-order valence-corrected chi connectivity index (χ1v) is 8.14. The van der Waals surface area contributed by atoms with E-state index >= 15 is 0 Å². The zero-order chi connectivity index (χ0) is 13.2. The molecule has 2 fully saturated rings. The van der Waals surface area contributed by atoms with Crippen LogP contribution < -0.4 is 0 Å². The first-order chi connectivity index (χ1) is 8.56. The lowest BCUT2D eigenvalue weighted by molar-refractivity contribution is 0.0447. The largest absolute Gasteiger partial charge is 0.379 e. The van der Waals surface area contributed by atoms with Crippen molar-refractivity contribution in [1.82, 2.24) is 0 Å². The van der Waals surface area contributed by atoms with E-state index in [1.54, 1.807) is 0 Å². The Morgan fingerprint density at radius 2 is 2.06 bits per heavy atom. The van der Waals surface area contributed by atoms with Crippen LogP contribution in [-0.2, 0) is 4.74 Å². The van der Waals surface area contributed by atoms with Crippen LogP contribution >= 0.6 is 11.8 Å². The molecular weight excluding hydrogens is 242 g/mol. The second-order valence-electron chi connectivity index (χ2n) is 6.42. The molecule has 1 saturated carbocycles. The van der Waals surface area contributed by atoms with E-state index in [4.69, 9.17) is 4.74 Å². The molecule has 1 heterocycles. The van der Waals surface area contributed by atoms with Gasteiger partial charge in [-0.1, -0.05) is 27.2 Å². The maximum Gasteiger partial charge on any atom is 0.0667 e.